The SMILES string of the molecule is CS(=O)(=O)CCNCc1coc(N2C=CC3=CNC=C(Nc4ccc(OCc5ccc(F)cc5)cc4)C3=C2)c1. The Labute approximate surface area is 227 Å². The maximum absolute atomic E-state index is 13.1. The van der Waals surface area contributed by atoms with Crippen LogP contribution in [0, 0.1) is 5.82 Å². The molecule has 0 atom stereocenters. The van der Waals surface area contributed by atoms with Gasteiger partial charge in [0.2, 0.25) is 5.88 Å². The van der Waals surface area contributed by atoms with Gasteiger partial charge in [0, 0.05) is 72.6 Å². The van der Waals surface area contributed by atoms with E-state index in [9.17, 15) is 12.8 Å². The van der Waals surface area contributed by atoms with Crippen LogP contribution in [0.2, 0.25) is 0 Å². The summed E-state index contributed by atoms with van der Waals surface area (Å²) in [4.78, 5) is 1.90. The lowest BCUT2D eigenvalue weighted by Crippen LogP contribution is -2.21. The maximum Gasteiger partial charge on any atom is 0.203 e. The van der Waals surface area contributed by atoms with Crippen LogP contribution < -0.4 is 25.6 Å². The van der Waals surface area contributed by atoms with E-state index in [1.807, 2.05) is 66.1 Å². The number of hydrogen-bond acceptors (Lipinski definition) is 8. The van der Waals surface area contributed by atoms with Gasteiger partial charge in [-0.15, -0.1) is 0 Å². The Balaban J connectivity index is 1.20. The molecule has 0 aliphatic carbocycles. The zero-order valence-corrected chi connectivity index (χ0v) is 22.2. The van der Waals surface area contributed by atoms with Gasteiger partial charge in [0.1, 0.15) is 28.0 Å². The van der Waals surface area contributed by atoms with Gasteiger partial charge in [0.25, 0.3) is 0 Å². The summed E-state index contributed by atoms with van der Waals surface area (Å²) < 4.78 is 47.3. The summed E-state index contributed by atoms with van der Waals surface area (Å²) in [5.74, 6) is 1.19. The van der Waals surface area contributed by atoms with Crippen LogP contribution in [0.5, 0.6) is 5.75 Å². The van der Waals surface area contributed by atoms with E-state index in [4.69, 9.17) is 9.15 Å². The molecule has 0 saturated carbocycles. The summed E-state index contributed by atoms with van der Waals surface area (Å²) in [5, 5.41) is 9.76. The lowest BCUT2D eigenvalue weighted by Gasteiger charge is -2.26. The highest BCUT2D eigenvalue weighted by Crippen LogP contribution is 2.31. The number of halogens is 1. The van der Waals surface area contributed by atoms with Crippen molar-refractivity contribution in [2.45, 2.75) is 13.2 Å². The molecule has 10 heteroatoms. The van der Waals surface area contributed by atoms with E-state index in [0.717, 1.165) is 33.7 Å². The molecule has 8 nitrogen and oxygen atoms in total. The van der Waals surface area contributed by atoms with Crippen LogP contribution in [0.4, 0.5) is 16.0 Å². The number of benzene rings is 2. The first-order valence-corrected chi connectivity index (χ1v) is 14.4. The molecular weight excluding hydrogens is 519 g/mol. The summed E-state index contributed by atoms with van der Waals surface area (Å²) in [6, 6.07) is 15.8. The maximum atomic E-state index is 13.1. The summed E-state index contributed by atoms with van der Waals surface area (Å²) in [7, 11) is -3.00. The highest BCUT2D eigenvalue weighted by atomic mass is 32.2. The highest BCUT2D eigenvalue weighted by molar-refractivity contribution is 7.90. The third-order valence-corrected chi connectivity index (χ3v) is 7.02. The van der Waals surface area contributed by atoms with E-state index in [1.54, 1.807) is 18.4 Å². The van der Waals surface area contributed by atoms with E-state index < -0.39 is 9.84 Å². The van der Waals surface area contributed by atoms with Crippen molar-refractivity contribution >= 4 is 21.4 Å². The number of ether oxygens (including phenoxy) is 1. The molecule has 0 spiro atoms. The minimum atomic E-state index is -3.00. The number of sulfone groups is 1. The molecule has 2 aromatic carbocycles. The van der Waals surface area contributed by atoms with Crippen molar-refractivity contribution in [2.24, 2.45) is 0 Å². The van der Waals surface area contributed by atoms with Gasteiger partial charge in [-0.2, -0.15) is 0 Å². The number of allylic oxidation sites excluding steroid dienone is 2. The zero-order valence-electron chi connectivity index (χ0n) is 21.4. The van der Waals surface area contributed by atoms with Crippen molar-refractivity contribution in [3.63, 3.8) is 0 Å². The van der Waals surface area contributed by atoms with Gasteiger partial charge in [-0.25, -0.2) is 12.8 Å². The van der Waals surface area contributed by atoms with Gasteiger partial charge >= 0.3 is 0 Å². The lowest BCUT2D eigenvalue weighted by molar-refractivity contribution is 0.306. The molecule has 3 N–H and O–H groups in total. The number of dihydropyridines is 1. The second kappa shape index (κ2) is 11.6. The molecular formula is C29H29FN4O4S. The minimum Gasteiger partial charge on any atom is -0.489 e. The topological polar surface area (TPSA) is 95.8 Å². The normalized spacial score (nSPS) is 14.6. The second-order valence-electron chi connectivity index (χ2n) is 9.25. The molecule has 2 aliphatic heterocycles. The Hall–Kier alpha value is -4.28. The smallest absolute Gasteiger partial charge is 0.203 e. The number of anilines is 2. The molecule has 3 heterocycles. The van der Waals surface area contributed by atoms with Gasteiger partial charge in [0.15, 0.2) is 0 Å². The van der Waals surface area contributed by atoms with E-state index in [1.165, 1.54) is 18.4 Å². The van der Waals surface area contributed by atoms with Crippen LogP contribution >= 0.6 is 0 Å². The van der Waals surface area contributed by atoms with E-state index in [-0.39, 0.29) is 11.6 Å². The lowest BCUT2D eigenvalue weighted by atomic mass is 10.0. The largest absolute Gasteiger partial charge is 0.489 e. The van der Waals surface area contributed by atoms with Gasteiger partial charge < -0.3 is 25.1 Å². The fourth-order valence-electron chi connectivity index (χ4n) is 4.01. The molecule has 0 fully saturated rings. The van der Waals surface area contributed by atoms with Crippen LogP contribution in [0.25, 0.3) is 0 Å². The molecule has 39 heavy (non-hydrogen) atoms. The molecule has 0 unspecified atom stereocenters. The molecule has 202 valence electrons. The first kappa shape index (κ1) is 26.3. The molecule has 1 aromatic heterocycles. The number of nitrogens with zero attached hydrogens (tertiary/aromatic N) is 1. The molecule has 3 aromatic rings. The van der Waals surface area contributed by atoms with Crippen LogP contribution in [-0.4, -0.2) is 27.0 Å². The Kier molecular flexibility index (Phi) is 7.85. The number of fused-ring (bicyclic) bond motifs is 1. The van der Waals surface area contributed by atoms with Crippen molar-refractivity contribution in [1.82, 2.24) is 10.6 Å². The Bertz CT molecular complexity index is 1540. The molecule has 0 amide bonds. The number of hydrogen-bond donors (Lipinski definition) is 3. The average molecular weight is 549 g/mol. The minimum absolute atomic E-state index is 0.0929. The summed E-state index contributed by atoms with van der Waals surface area (Å²) in [5.41, 5.74) is 5.59. The predicted octanol–water partition coefficient (Wildman–Crippen LogP) is 4.79. The fraction of sp³-hybridized carbons (Fsp3) is 0.172. The van der Waals surface area contributed by atoms with Crippen LogP contribution in [0.1, 0.15) is 11.1 Å². The number of furan rings is 1. The Morgan fingerprint density at radius 1 is 1.05 bits per heavy atom. The van der Waals surface area contributed by atoms with Gasteiger partial charge in [0.05, 0.1) is 17.7 Å². The van der Waals surface area contributed by atoms with E-state index >= 15 is 0 Å². The molecule has 0 saturated heterocycles. The monoisotopic (exact) mass is 548 g/mol. The number of nitrogens with one attached hydrogen (secondary N) is 3. The third kappa shape index (κ3) is 7.18. The van der Waals surface area contributed by atoms with Gasteiger partial charge in [-0.1, -0.05) is 12.1 Å². The quantitative estimate of drug-likeness (QED) is 0.295. The first-order chi connectivity index (χ1) is 18.8. The molecule has 0 bridgehead atoms. The third-order valence-electron chi connectivity index (χ3n) is 6.08. The van der Waals surface area contributed by atoms with Crippen molar-refractivity contribution in [1.29, 1.82) is 0 Å². The van der Waals surface area contributed by atoms with E-state index in [2.05, 4.69) is 16.0 Å². The summed E-state index contributed by atoms with van der Waals surface area (Å²) in [6.45, 7) is 1.25. The zero-order chi connectivity index (χ0) is 27.2. The average Bonchev–Trinajstić information content (AvgIpc) is 3.40. The van der Waals surface area contributed by atoms with Crippen molar-refractivity contribution in [3.05, 3.63) is 126 Å². The van der Waals surface area contributed by atoms with Crippen molar-refractivity contribution in [2.75, 3.05) is 28.8 Å². The van der Waals surface area contributed by atoms with Crippen molar-refractivity contribution < 1.29 is 22.0 Å². The van der Waals surface area contributed by atoms with Crippen LogP contribution in [-0.2, 0) is 23.0 Å². The fourth-order valence-corrected chi connectivity index (χ4v) is 4.52. The Morgan fingerprint density at radius 3 is 2.62 bits per heavy atom. The predicted molar refractivity (Wildman–Crippen MR) is 150 cm³/mol. The van der Waals surface area contributed by atoms with Crippen LogP contribution in [0.3, 0.4) is 0 Å². The highest BCUT2D eigenvalue weighted by Gasteiger charge is 2.20. The van der Waals surface area contributed by atoms with Crippen LogP contribution in [0.15, 0.2) is 113 Å². The Morgan fingerprint density at radius 2 is 1.85 bits per heavy atom. The van der Waals surface area contributed by atoms with Gasteiger partial charge in [-0.05, 0) is 48.0 Å². The number of rotatable bonds is 11. The standard InChI is InChI=1S/C29H29FN4O4S/c1-39(35,36)13-11-31-15-22-14-29(38-20-22)34-12-10-23-16-32-17-28(27(23)18-34)33-25-6-8-26(9-7-25)37-19-21-2-4-24(30)5-3-21/h2-10,12,14,16-18,20,31-33H,11,13,15,19H2,1H3. The molecule has 2 aliphatic rings. The first-order valence-electron chi connectivity index (χ1n) is 12.4. The molecule has 0 radical (unpaired) electrons. The molecule has 5 rings (SSSR count). The van der Waals surface area contributed by atoms with E-state index in [0.29, 0.717) is 31.3 Å². The second-order valence-corrected chi connectivity index (χ2v) is 11.5. The summed E-state index contributed by atoms with van der Waals surface area (Å²) in [6.07, 6.45) is 12.6. The summed E-state index contributed by atoms with van der Waals surface area (Å²) >= 11 is 0. The van der Waals surface area contributed by atoms with Crippen molar-refractivity contribution in [3.8, 4) is 5.75 Å². The van der Waals surface area contributed by atoms with Gasteiger partial charge in [-0.3, -0.25) is 4.90 Å².